The number of rotatable bonds is 4. The molecule has 0 saturated carbocycles. The molecule has 2 heterocycles. The van der Waals surface area contributed by atoms with Crippen LogP contribution in [0.1, 0.15) is 30.5 Å². The van der Waals surface area contributed by atoms with E-state index in [0.29, 0.717) is 6.54 Å². The van der Waals surface area contributed by atoms with Gasteiger partial charge < -0.3 is 9.64 Å². The maximum atomic E-state index is 12.5. The Bertz CT molecular complexity index is 733. The van der Waals surface area contributed by atoms with E-state index >= 15 is 0 Å². The van der Waals surface area contributed by atoms with Gasteiger partial charge in [-0.2, -0.15) is 0 Å². The van der Waals surface area contributed by atoms with Gasteiger partial charge in [-0.1, -0.05) is 12.1 Å². The Balaban J connectivity index is 1.98. The summed E-state index contributed by atoms with van der Waals surface area (Å²) in [5, 5.41) is 0. The number of aryl methyl sites for hydroxylation is 1. The Hall–Kier alpha value is -2.30. The predicted octanol–water partition coefficient (Wildman–Crippen LogP) is 2.60. The molecule has 5 heteroatoms. The third-order valence-corrected chi connectivity index (χ3v) is 4.23. The quantitative estimate of drug-likeness (QED) is 0.870. The van der Waals surface area contributed by atoms with Gasteiger partial charge in [0.05, 0.1) is 13.7 Å². The van der Waals surface area contributed by atoms with Crippen LogP contribution in [0.3, 0.4) is 0 Å². The second-order valence-corrected chi connectivity index (χ2v) is 6.02. The summed E-state index contributed by atoms with van der Waals surface area (Å²) in [7, 11) is 1.65. The molecule has 1 aliphatic rings. The molecule has 1 aromatic carbocycles. The van der Waals surface area contributed by atoms with Crippen LogP contribution in [0.25, 0.3) is 0 Å². The van der Waals surface area contributed by atoms with Gasteiger partial charge in [0.25, 0.3) is 5.56 Å². The van der Waals surface area contributed by atoms with E-state index in [-0.39, 0.29) is 5.56 Å². The van der Waals surface area contributed by atoms with E-state index in [1.165, 1.54) is 6.42 Å². The highest BCUT2D eigenvalue weighted by atomic mass is 16.5. The van der Waals surface area contributed by atoms with Crippen molar-refractivity contribution in [3.05, 3.63) is 51.9 Å². The van der Waals surface area contributed by atoms with Gasteiger partial charge in [0, 0.05) is 24.8 Å². The SMILES string of the molecule is COc1cccc(Cn2c(N3CCCCC3)nc(C)cc2=O)c1. The fraction of sp³-hybridized carbons (Fsp3) is 0.444. The molecule has 1 saturated heterocycles. The van der Waals surface area contributed by atoms with E-state index < -0.39 is 0 Å². The van der Waals surface area contributed by atoms with E-state index in [1.807, 2.05) is 31.2 Å². The molecule has 0 N–H and O–H groups in total. The molecule has 0 spiro atoms. The van der Waals surface area contributed by atoms with Gasteiger partial charge in [-0.15, -0.1) is 0 Å². The zero-order chi connectivity index (χ0) is 16.2. The number of benzene rings is 1. The van der Waals surface area contributed by atoms with Gasteiger partial charge in [-0.3, -0.25) is 9.36 Å². The molecule has 0 amide bonds. The van der Waals surface area contributed by atoms with Crippen LogP contribution in [-0.4, -0.2) is 29.8 Å². The molecular formula is C18H23N3O2. The molecule has 23 heavy (non-hydrogen) atoms. The van der Waals surface area contributed by atoms with E-state index in [0.717, 1.165) is 48.9 Å². The second-order valence-electron chi connectivity index (χ2n) is 6.02. The number of hydrogen-bond donors (Lipinski definition) is 0. The summed E-state index contributed by atoms with van der Waals surface area (Å²) in [5.74, 6) is 1.59. The first-order valence-electron chi connectivity index (χ1n) is 8.14. The molecule has 0 unspecified atom stereocenters. The molecule has 122 valence electrons. The average Bonchev–Trinajstić information content (AvgIpc) is 2.58. The largest absolute Gasteiger partial charge is 0.497 e. The Morgan fingerprint density at radius 1 is 1.17 bits per heavy atom. The monoisotopic (exact) mass is 313 g/mol. The summed E-state index contributed by atoms with van der Waals surface area (Å²) in [4.78, 5) is 19.4. The van der Waals surface area contributed by atoms with E-state index in [9.17, 15) is 4.79 Å². The first-order valence-corrected chi connectivity index (χ1v) is 8.14. The van der Waals surface area contributed by atoms with Gasteiger partial charge in [0.1, 0.15) is 5.75 Å². The van der Waals surface area contributed by atoms with Crippen molar-refractivity contribution < 1.29 is 4.74 Å². The number of methoxy groups -OCH3 is 1. The lowest BCUT2D eigenvalue weighted by atomic mass is 10.1. The molecule has 1 aromatic heterocycles. The van der Waals surface area contributed by atoms with Crippen LogP contribution in [0.2, 0.25) is 0 Å². The van der Waals surface area contributed by atoms with Crippen molar-refractivity contribution in [1.29, 1.82) is 0 Å². The summed E-state index contributed by atoms with van der Waals surface area (Å²) in [6.45, 7) is 4.32. The Labute approximate surface area is 136 Å². The molecule has 0 bridgehead atoms. The molecule has 1 fully saturated rings. The number of nitrogens with zero attached hydrogens (tertiary/aromatic N) is 3. The highest BCUT2D eigenvalue weighted by Gasteiger charge is 2.17. The fourth-order valence-electron chi connectivity index (χ4n) is 3.04. The summed E-state index contributed by atoms with van der Waals surface area (Å²) in [6, 6.07) is 9.43. The standard InChI is InChI=1S/C18H23N3O2/c1-14-11-17(22)21(13-15-7-6-8-16(12-15)23-2)18(19-14)20-9-4-3-5-10-20/h6-8,11-12H,3-5,9-10,13H2,1-2H3. The highest BCUT2D eigenvalue weighted by Crippen LogP contribution is 2.19. The van der Waals surface area contributed by atoms with Crippen LogP contribution in [-0.2, 0) is 6.54 Å². The average molecular weight is 313 g/mol. The molecular weight excluding hydrogens is 290 g/mol. The lowest BCUT2D eigenvalue weighted by molar-refractivity contribution is 0.414. The highest BCUT2D eigenvalue weighted by molar-refractivity contribution is 5.35. The fourth-order valence-corrected chi connectivity index (χ4v) is 3.04. The molecule has 0 atom stereocenters. The minimum atomic E-state index is 0.000827. The van der Waals surface area contributed by atoms with Gasteiger partial charge in [-0.25, -0.2) is 4.98 Å². The Kier molecular flexibility index (Phi) is 4.65. The normalized spacial score (nSPS) is 14.8. The third kappa shape index (κ3) is 3.55. The molecule has 0 radical (unpaired) electrons. The third-order valence-electron chi connectivity index (χ3n) is 4.23. The summed E-state index contributed by atoms with van der Waals surface area (Å²) in [5.41, 5.74) is 1.81. The number of anilines is 1. The lowest BCUT2D eigenvalue weighted by Crippen LogP contribution is -2.36. The van der Waals surface area contributed by atoms with Gasteiger partial charge in [0.15, 0.2) is 0 Å². The summed E-state index contributed by atoms with van der Waals surface area (Å²) < 4.78 is 7.05. The van der Waals surface area contributed by atoms with Crippen molar-refractivity contribution in [3.8, 4) is 5.75 Å². The van der Waals surface area contributed by atoms with Crippen molar-refractivity contribution in [2.75, 3.05) is 25.1 Å². The Morgan fingerprint density at radius 2 is 1.96 bits per heavy atom. The van der Waals surface area contributed by atoms with Crippen molar-refractivity contribution in [1.82, 2.24) is 9.55 Å². The number of aromatic nitrogens is 2. The molecule has 5 nitrogen and oxygen atoms in total. The summed E-state index contributed by atoms with van der Waals surface area (Å²) in [6.07, 6.45) is 3.56. The molecule has 2 aromatic rings. The summed E-state index contributed by atoms with van der Waals surface area (Å²) >= 11 is 0. The van der Waals surface area contributed by atoms with Gasteiger partial charge in [0.2, 0.25) is 5.95 Å². The minimum Gasteiger partial charge on any atom is -0.497 e. The number of hydrogen-bond acceptors (Lipinski definition) is 4. The zero-order valence-corrected chi connectivity index (χ0v) is 13.8. The van der Waals surface area contributed by atoms with Crippen molar-refractivity contribution in [2.45, 2.75) is 32.7 Å². The van der Waals surface area contributed by atoms with Crippen molar-refractivity contribution >= 4 is 5.95 Å². The van der Waals surface area contributed by atoms with Crippen LogP contribution < -0.4 is 15.2 Å². The molecule has 3 rings (SSSR count). The maximum absolute atomic E-state index is 12.5. The minimum absolute atomic E-state index is 0.000827. The van der Waals surface area contributed by atoms with Gasteiger partial charge in [-0.05, 0) is 43.9 Å². The van der Waals surface area contributed by atoms with Crippen molar-refractivity contribution in [3.63, 3.8) is 0 Å². The second kappa shape index (κ2) is 6.86. The van der Waals surface area contributed by atoms with Gasteiger partial charge >= 0.3 is 0 Å². The van der Waals surface area contributed by atoms with Crippen molar-refractivity contribution in [2.24, 2.45) is 0 Å². The number of ether oxygens (including phenoxy) is 1. The zero-order valence-electron chi connectivity index (χ0n) is 13.8. The smallest absolute Gasteiger partial charge is 0.255 e. The molecule has 1 aliphatic heterocycles. The first-order chi connectivity index (χ1) is 11.2. The van der Waals surface area contributed by atoms with Crippen LogP contribution in [0.4, 0.5) is 5.95 Å². The number of piperidine rings is 1. The predicted molar refractivity (Wildman–Crippen MR) is 91.4 cm³/mol. The topological polar surface area (TPSA) is 47.4 Å². The lowest BCUT2D eigenvalue weighted by Gasteiger charge is -2.29. The first kappa shape index (κ1) is 15.6. The van der Waals surface area contributed by atoms with E-state index in [1.54, 1.807) is 17.7 Å². The van der Waals surface area contributed by atoms with Crippen LogP contribution in [0, 0.1) is 6.92 Å². The van der Waals surface area contributed by atoms with E-state index in [2.05, 4.69) is 9.88 Å². The van der Waals surface area contributed by atoms with Crippen LogP contribution in [0.5, 0.6) is 5.75 Å². The van der Waals surface area contributed by atoms with Crippen LogP contribution >= 0.6 is 0 Å². The molecule has 0 aliphatic carbocycles. The maximum Gasteiger partial charge on any atom is 0.255 e. The van der Waals surface area contributed by atoms with Crippen LogP contribution in [0.15, 0.2) is 35.1 Å². The van der Waals surface area contributed by atoms with E-state index in [4.69, 9.17) is 4.74 Å². The Morgan fingerprint density at radius 3 is 2.70 bits per heavy atom.